The summed E-state index contributed by atoms with van der Waals surface area (Å²) in [6.07, 6.45) is 0.0441. The van der Waals surface area contributed by atoms with Crippen LogP contribution in [0.25, 0.3) is 21.9 Å². The van der Waals surface area contributed by atoms with E-state index in [1.807, 2.05) is 42.5 Å². The van der Waals surface area contributed by atoms with Crippen LogP contribution < -0.4 is 14.8 Å². The minimum absolute atomic E-state index is 0.0441. The summed E-state index contributed by atoms with van der Waals surface area (Å²) in [5, 5.41) is 25.1. The van der Waals surface area contributed by atoms with Crippen molar-refractivity contribution in [3.05, 3.63) is 96.6 Å². The molecular formula is C34H36N2O7. The molecule has 224 valence electrons. The van der Waals surface area contributed by atoms with E-state index >= 15 is 0 Å². The van der Waals surface area contributed by atoms with Gasteiger partial charge in [-0.3, -0.25) is 4.90 Å². The molecule has 0 aromatic heterocycles. The number of urea groups is 1. The number of nitrogens with zero attached hydrogens (tertiary/aromatic N) is 1. The number of esters is 1. The van der Waals surface area contributed by atoms with Crippen molar-refractivity contribution in [1.29, 1.82) is 0 Å². The molecule has 0 saturated heterocycles. The lowest BCUT2D eigenvalue weighted by atomic mass is 9.98. The maximum Gasteiger partial charge on any atom is 0.357 e. The van der Waals surface area contributed by atoms with Crippen LogP contribution in [0.5, 0.6) is 11.5 Å². The molecule has 0 aliphatic heterocycles. The largest absolute Gasteiger partial charge is 0.493 e. The van der Waals surface area contributed by atoms with Crippen molar-refractivity contribution >= 4 is 28.7 Å². The summed E-state index contributed by atoms with van der Waals surface area (Å²) in [4.78, 5) is 39.5. The van der Waals surface area contributed by atoms with Gasteiger partial charge in [0.2, 0.25) is 5.72 Å². The Hall–Kier alpha value is -4.89. The number of carbonyl (C=O) groups excluding carboxylic acids is 2. The molecular weight excluding hydrogens is 548 g/mol. The number of nitrogens with one attached hydrogen (secondary N) is 1. The molecule has 0 fully saturated rings. The average Bonchev–Trinajstić information content (AvgIpc) is 2.99. The standard InChI is InChI=1S/C34H36N2O7/c1-22(2)21-36(34(3,41)32(38)39)33(40)35-28(31(37)43-30-12-8-7-11-29(30)42-4)19-23-13-15-25(16-14-23)27-18-17-24-9-5-6-10-26(24)20-27/h5-18,20,22,28,41H,19,21H2,1-4H3,(H,35,40)(H,38,39). The highest BCUT2D eigenvalue weighted by atomic mass is 16.6. The van der Waals surface area contributed by atoms with Crippen molar-refractivity contribution in [3.8, 4) is 22.6 Å². The molecule has 9 nitrogen and oxygen atoms in total. The van der Waals surface area contributed by atoms with Crippen LogP contribution in [0.3, 0.4) is 0 Å². The molecule has 43 heavy (non-hydrogen) atoms. The Kier molecular flexibility index (Phi) is 9.67. The Morgan fingerprint density at radius 2 is 1.47 bits per heavy atom. The SMILES string of the molecule is COc1ccccc1OC(=O)C(Cc1ccc(-c2ccc3ccccc3c2)cc1)NC(=O)N(CC(C)C)C(C)(O)C(=O)O. The van der Waals surface area contributed by atoms with Gasteiger partial charge >= 0.3 is 18.0 Å². The van der Waals surface area contributed by atoms with Gasteiger partial charge in [-0.2, -0.15) is 0 Å². The number of hydrogen-bond donors (Lipinski definition) is 3. The van der Waals surface area contributed by atoms with Crippen molar-refractivity contribution in [2.75, 3.05) is 13.7 Å². The Balaban J connectivity index is 1.61. The van der Waals surface area contributed by atoms with Crippen molar-refractivity contribution in [2.24, 2.45) is 5.92 Å². The number of carboxylic acid groups (broad SMARTS) is 1. The fourth-order valence-corrected chi connectivity index (χ4v) is 4.68. The predicted octanol–water partition coefficient (Wildman–Crippen LogP) is 5.49. The van der Waals surface area contributed by atoms with Gasteiger partial charge in [0.15, 0.2) is 11.5 Å². The molecule has 4 aromatic rings. The monoisotopic (exact) mass is 584 g/mol. The molecule has 2 atom stereocenters. The van der Waals surface area contributed by atoms with Crippen LogP contribution in [0.15, 0.2) is 91.0 Å². The number of aliphatic carboxylic acids is 1. The third-order valence-corrected chi connectivity index (χ3v) is 7.06. The van der Waals surface area contributed by atoms with Gasteiger partial charge in [0.1, 0.15) is 6.04 Å². The third-order valence-electron chi connectivity index (χ3n) is 7.06. The van der Waals surface area contributed by atoms with E-state index in [9.17, 15) is 24.6 Å². The van der Waals surface area contributed by atoms with Gasteiger partial charge < -0.3 is 25.0 Å². The molecule has 4 rings (SSSR count). The molecule has 4 aromatic carbocycles. The topological polar surface area (TPSA) is 125 Å². The summed E-state index contributed by atoms with van der Waals surface area (Å²) in [6, 6.07) is 26.4. The highest BCUT2D eigenvalue weighted by Gasteiger charge is 2.42. The first-order valence-corrected chi connectivity index (χ1v) is 14.0. The number of carboxylic acids is 1. The summed E-state index contributed by atoms with van der Waals surface area (Å²) in [5.74, 6) is -2.05. The zero-order valence-corrected chi connectivity index (χ0v) is 24.6. The van der Waals surface area contributed by atoms with Crippen LogP contribution in [0.2, 0.25) is 0 Å². The van der Waals surface area contributed by atoms with E-state index in [0.29, 0.717) is 5.75 Å². The Morgan fingerprint density at radius 1 is 0.860 bits per heavy atom. The lowest BCUT2D eigenvalue weighted by Gasteiger charge is -2.35. The van der Waals surface area contributed by atoms with Crippen LogP contribution in [0.4, 0.5) is 4.79 Å². The molecule has 0 saturated carbocycles. The van der Waals surface area contributed by atoms with E-state index in [2.05, 4.69) is 29.6 Å². The Bertz CT molecular complexity index is 1600. The van der Waals surface area contributed by atoms with Gasteiger partial charge in [0.25, 0.3) is 0 Å². The summed E-state index contributed by atoms with van der Waals surface area (Å²) >= 11 is 0. The zero-order chi connectivity index (χ0) is 31.1. The number of aliphatic hydroxyl groups is 1. The molecule has 0 bridgehead atoms. The maximum absolute atomic E-state index is 13.5. The second-order valence-corrected chi connectivity index (χ2v) is 10.9. The highest BCUT2D eigenvalue weighted by Crippen LogP contribution is 2.28. The first kappa shape index (κ1) is 31.1. The normalized spacial score (nSPS) is 13.2. The number of rotatable bonds is 11. The quantitative estimate of drug-likeness (QED) is 0.121. The number of benzene rings is 4. The zero-order valence-electron chi connectivity index (χ0n) is 24.6. The number of ether oxygens (including phenoxy) is 2. The van der Waals surface area contributed by atoms with Gasteiger partial charge in [-0.1, -0.05) is 86.6 Å². The minimum atomic E-state index is -2.51. The number of para-hydroxylation sites is 2. The van der Waals surface area contributed by atoms with E-state index in [0.717, 1.165) is 39.3 Å². The van der Waals surface area contributed by atoms with Crippen LogP contribution >= 0.6 is 0 Å². The fraction of sp³-hybridized carbons (Fsp3) is 0.265. The van der Waals surface area contributed by atoms with E-state index in [-0.39, 0.29) is 24.6 Å². The van der Waals surface area contributed by atoms with Crippen LogP contribution in [-0.4, -0.2) is 58.5 Å². The Labute approximate surface area is 250 Å². The van der Waals surface area contributed by atoms with Crippen LogP contribution in [-0.2, 0) is 16.0 Å². The third kappa shape index (κ3) is 7.50. The van der Waals surface area contributed by atoms with E-state index in [1.165, 1.54) is 7.11 Å². The lowest BCUT2D eigenvalue weighted by Crippen LogP contribution is -2.61. The minimum Gasteiger partial charge on any atom is -0.493 e. The molecule has 0 aliphatic rings. The lowest BCUT2D eigenvalue weighted by molar-refractivity contribution is -0.173. The van der Waals surface area contributed by atoms with Gasteiger partial charge in [0.05, 0.1) is 7.11 Å². The first-order chi connectivity index (χ1) is 20.5. The highest BCUT2D eigenvalue weighted by molar-refractivity contribution is 5.89. The number of methoxy groups -OCH3 is 1. The van der Waals surface area contributed by atoms with Crippen molar-refractivity contribution in [2.45, 2.75) is 39.0 Å². The van der Waals surface area contributed by atoms with E-state index in [1.54, 1.807) is 38.1 Å². The summed E-state index contributed by atoms with van der Waals surface area (Å²) in [7, 11) is 1.45. The van der Waals surface area contributed by atoms with Gasteiger partial charge in [-0.05, 0) is 58.5 Å². The molecule has 0 radical (unpaired) electrons. The summed E-state index contributed by atoms with van der Waals surface area (Å²) in [6.45, 7) is 4.51. The summed E-state index contributed by atoms with van der Waals surface area (Å²) in [5.41, 5.74) is 0.234. The molecule has 0 aliphatic carbocycles. The molecule has 2 unspecified atom stereocenters. The molecule has 3 N–H and O–H groups in total. The number of carbonyl (C=O) groups is 3. The van der Waals surface area contributed by atoms with E-state index in [4.69, 9.17) is 9.47 Å². The average molecular weight is 585 g/mol. The van der Waals surface area contributed by atoms with Gasteiger partial charge in [0, 0.05) is 13.0 Å². The second kappa shape index (κ2) is 13.4. The Morgan fingerprint density at radius 3 is 2.09 bits per heavy atom. The van der Waals surface area contributed by atoms with Gasteiger partial charge in [-0.25, -0.2) is 14.4 Å². The smallest absolute Gasteiger partial charge is 0.357 e. The second-order valence-electron chi connectivity index (χ2n) is 10.9. The molecule has 2 amide bonds. The number of amides is 2. The van der Waals surface area contributed by atoms with Crippen molar-refractivity contribution < 1.29 is 34.1 Å². The summed E-state index contributed by atoms with van der Waals surface area (Å²) < 4.78 is 10.9. The van der Waals surface area contributed by atoms with Crippen molar-refractivity contribution in [3.63, 3.8) is 0 Å². The van der Waals surface area contributed by atoms with Gasteiger partial charge in [-0.15, -0.1) is 0 Å². The first-order valence-electron chi connectivity index (χ1n) is 14.0. The molecule has 0 spiro atoms. The molecule has 9 heteroatoms. The van der Waals surface area contributed by atoms with Crippen LogP contribution in [0.1, 0.15) is 26.3 Å². The van der Waals surface area contributed by atoms with E-state index < -0.39 is 29.7 Å². The predicted molar refractivity (Wildman–Crippen MR) is 164 cm³/mol. The number of hydrogen-bond acceptors (Lipinski definition) is 6. The van der Waals surface area contributed by atoms with Crippen LogP contribution in [0, 0.1) is 5.92 Å². The van der Waals surface area contributed by atoms with Crippen molar-refractivity contribution in [1.82, 2.24) is 10.2 Å². The maximum atomic E-state index is 13.5. The number of fused-ring (bicyclic) bond motifs is 1. The fourth-order valence-electron chi connectivity index (χ4n) is 4.68. The molecule has 0 heterocycles.